The molecule has 0 spiro atoms. The zero-order valence-electron chi connectivity index (χ0n) is 9.39. The van der Waals surface area contributed by atoms with Gasteiger partial charge < -0.3 is 10.4 Å². The summed E-state index contributed by atoms with van der Waals surface area (Å²) in [6, 6.07) is 6.13. The van der Waals surface area contributed by atoms with Gasteiger partial charge in [-0.2, -0.15) is 0 Å². The molecule has 0 fully saturated rings. The lowest BCUT2D eigenvalue weighted by Gasteiger charge is -2.25. The summed E-state index contributed by atoms with van der Waals surface area (Å²) in [6.45, 7) is 6.49. The highest BCUT2D eigenvalue weighted by Crippen LogP contribution is 2.23. The lowest BCUT2D eigenvalue weighted by Crippen LogP contribution is -2.34. The van der Waals surface area contributed by atoms with Gasteiger partial charge in [0.1, 0.15) is 0 Å². The average Bonchev–Trinajstić information content (AvgIpc) is 2.02. The Morgan fingerprint density at radius 3 is 2.50 bits per heavy atom. The van der Waals surface area contributed by atoms with Crippen molar-refractivity contribution in [3.8, 4) is 0 Å². The summed E-state index contributed by atoms with van der Waals surface area (Å²) in [7, 11) is 1.85. The van der Waals surface area contributed by atoms with Gasteiger partial charge in [-0.3, -0.25) is 0 Å². The van der Waals surface area contributed by atoms with Crippen molar-refractivity contribution in [2.45, 2.75) is 26.4 Å². The van der Waals surface area contributed by atoms with Crippen molar-refractivity contribution in [1.82, 2.24) is 5.32 Å². The summed E-state index contributed by atoms with van der Waals surface area (Å²) in [5.41, 5.74) is 2.58. The molecule has 1 atom stereocenters. The summed E-state index contributed by atoms with van der Waals surface area (Å²) >= 11 is 0. The number of benzene rings is 1. The highest BCUT2D eigenvalue weighted by molar-refractivity contribution is 5.34. The lowest BCUT2D eigenvalue weighted by molar-refractivity contribution is 0.0585. The van der Waals surface area contributed by atoms with Gasteiger partial charge in [0.25, 0.3) is 0 Å². The molecule has 1 unspecified atom stereocenters. The predicted octanol–water partition coefficient (Wildman–Crippen LogP) is 1.73. The van der Waals surface area contributed by atoms with E-state index in [0.717, 1.165) is 11.1 Å². The summed E-state index contributed by atoms with van der Waals surface area (Å²) < 4.78 is 0. The monoisotopic (exact) mass is 193 g/mol. The predicted molar refractivity (Wildman–Crippen MR) is 59.4 cm³/mol. The third-order valence-electron chi connectivity index (χ3n) is 2.48. The summed E-state index contributed by atoms with van der Waals surface area (Å²) in [5.74, 6) is 0. The molecule has 2 N–H and O–H groups in total. The van der Waals surface area contributed by atoms with E-state index >= 15 is 0 Å². The van der Waals surface area contributed by atoms with Gasteiger partial charge in [-0.25, -0.2) is 0 Å². The second-order valence-corrected chi connectivity index (χ2v) is 4.12. The van der Waals surface area contributed by atoms with Gasteiger partial charge in [-0.05, 0) is 38.9 Å². The summed E-state index contributed by atoms with van der Waals surface area (Å²) in [5, 5.41) is 13.2. The van der Waals surface area contributed by atoms with Gasteiger partial charge in [-0.15, -0.1) is 0 Å². The van der Waals surface area contributed by atoms with Crippen LogP contribution in [0.5, 0.6) is 0 Å². The fourth-order valence-electron chi connectivity index (χ4n) is 1.86. The van der Waals surface area contributed by atoms with E-state index in [-0.39, 0.29) is 0 Å². The van der Waals surface area contributed by atoms with Gasteiger partial charge in [-0.1, -0.05) is 23.8 Å². The van der Waals surface area contributed by atoms with Crippen LogP contribution in [0.1, 0.15) is 23.6 Å². The van der Waals surface area contributed by atoms with Crippen LogP contribution < -0.4 is 5.32 Å². The first-order valence-electron chi connectivity index (χ1n) is 4.92. The number of hydrogen-bond donors (Lipinski definition) is 2. The van der Waals surface area contributed by atoms with Crippen LogP contribution in [-0.2, 0) is 5.60 Å². The number of aliphatic hydroxyl groups is 1. The number of aryl methyl sites for hydroxylation is 2. The molecule has 0 saturated heterocycles. The fraction of sp³-hybridized carbons (Fsp3) is 0.500. The Morgan fingerprint density at radius 2 is 2.00 bits per heavy atom. The van der Waals surface area contributed by atoms with Gasteiger partial charge >= 0.3 is 0 Å². The maximum Gasteiger partial charge on any atom is 0.0994 e. The molecule has 2 heteroatoms. The number of likely N-dealkylation sites (N-methyl/N-ethyl adjacent to an activating group) is 1. The van der Waals surface area contributed by atoms with Crippen LogP contribution in [0.25, 0.3) is 0 Å². The van der Waals surface area contributed by atoms with Crippen LogP contribution >= 0.6 is 0 Å². The Balaban J connectivity index is 3.06. The van der Waals surface area contributed by atoms with Gasteiger partial charge in [0.05, 0.1) is 5.60 Å². The molecule has 78 valence electrons. The quantitative estimate of drug-likeness (QED) is 0.766. The van der Waals surface area contributed by atoms with Crippen LogP contribution in [-0.4, -0.2) is 18.7 Å². The minimum atomic E-state index is -0.785. The molecule has 0 aliphatic heterocycles. The first kappa shape index (κ1) is 11.2. The van der Waals surface area contributed by atoms with Crippen LogP contribution in [0, 0.1) is 13.8 Å². The Morgan fingerprint density at radius 1 is 1.36 bits per heavy atom. The van der Waals surface area contributed by atoms with Gasteiger partial charge in [0, 0.05) is 6.54 Å². The van der Waals surface area contributed by atoms with E-state index in [9.17, 15) is 5.11 Å². The Hall–Kier alpha value is -0.860. The van der Waals surface area contributed by atoms with E-state index in [4.69, 9.17) is 0 Å². The Bertz CT molecular complexity index is 318. The number of rotatable bonds is 3. The van der Waals surface area contributed by atoms with Crippen molar-refractivity contribution >= 4 is 0 Å². The summed E-state index contributed by atoms with van der Waals surface area (Å²) in [6.07, 6.45) is 0. The first-order valence-corrected chi connectivity index (χ1v) is 4.92. The molecular formula is C12H19NO. The van der Waals surface area contributed by atoms with Crippen LogP contribution in [0.4, 0.5) is 0 Å². The lowest BCUT2D eigenvalue weighted by atomic mass is 9.91. The Labute approximate surface area is 86.0 Å². The standard InChI is InChI=1S/C12H19NO/c1-9-5-6-11(10(2)7-9)12(3,14)8-13-4/h5-7,13-14H,8H2,1-4H3. The van der Waals surface area contributed by atoms with Gasteiger partial charge in [0.15, 0.2) is 0 Å². The molecule has 0 saturated carbocycles. The van der Waals surface area contributed by atoms with Crippen molar-refractivity contribution in [3.05, 3.63) is 34.9 Å². The van der Waals surface area contributed by atoms with E-state index in [2.05, 4.69) is 18.3 Å². The van der Waals surface area contributed by atoms with E-state index in [1.54, 1.807) is 0 Å². The minimum absolute atomic E-state index is 0.566. The van der Waals surface area contributed by atoms with E-state index < -0.39 is 5.60 Å². The molecule has 0 amide bonds. The topological polar surface area (TPSA) is 32.3 Å². The third kappa shape index (κ3) is 2.34. The molecule has 0 radical (unpaired) electrons. The second-order valence-electron chi connectivity index (χ2n) is 4.12. The number of nitrogens with one attached hydrogen (secondary N) is 1. The third-order valence-corrected chi connectivity index (χ3v) is 2.48. The average molecular weight is 193 g/mol. The zero-order valence-corrected chi connectivity index (χ0v) is 9.39. The second kappa shape index (κ2) is 4.11. The zero-order chi connectivity index (χ0) is 10.8. The van der Waals surface area contributed by atoms with Crippen molar-refractivity contribution in [1.29, 1.82) is 0 Å². The normalized spacial score (nSPS) is 15.2. The van der Waals surface area contributed by atoms with Crippen LogP contribution in [0.15, 0.2) is 18.2 Å². The molecule has 14 heavy (non-hydrogen) atoms. The van der Waals surface area contributed by atoms with Crippen LogP contribution in [0.3, 0.4) is 0 Å². The Kier molecular flexibility index (Phi) is 3.29. The van der Waals surface area contributed by atoms with Gasteiger partial charge in [0.2, 0.25) is 0 Å². The smallest absolute Gasteiger partial charge is 0.0994 e. The summed E-state index contributed by atoms with van der Waals surface area (Å²) in [4.78, 5) is 0. The molecule has 1 aromatic rings. The van der Waals surface area contributed by atoms with Crippen molar-refractivity contribution in [3.63, 3.8) is 0 Å². The van der Waals surface area contributed by atoms with Crippen molar-refractivity contribution < 1.29 is 5.11 Å². The van der Waals surface area contributed by atoms with Crippen LogP contribution in [0.2, 0.25) is 0 Å². The molecular weight excluding hydrogens is 174 g/mol. The molecule has 0 bridgehead atoms. The minimum Gasteiger partial charge on any atom is -0.384 e. The number of hydrogen-bond acceptors (Lipinski definition) is 2. The fourth-order valence-corrected chi connectivity index (χ4v) is 1.86. The molecule has 1 rings (SSSR count). The molecule has 0 heterocycles. The van der Waals surface area contributed by atoms with E-state index in [1.807, 2.05) is 33.0 Å². The highest BCUT2D eigenvalue weighted by atomic mass is 16.3. The first-order chi connectivity index (χ1) is 6.47. The molecule has 0 aromatic heterocycles. The molecule has 2 nitrogen and oxygen atoms in total. The highest BCUT2D eigenvalue weighted by Gasteiger charge is 2.23. The molecule has 0 aliphatic rings. The molecule has 0 aliphatic carbocycles. The molecule has 1 aromatic carbocycles. The van der Waals surface area contributed by atoms with Crippen molar-refractivity contribution in [2.75, 3.05) is 13.6 Å². The van der Waals surface area contributed by atoms with E-state index in [0.29, 0.717) is 6.54 Å². The maximum atomic E-state index is 10.2. The maximum absolute atomic E-state index is 10.2. The largest absolute Gasteiger partial charge is 0.384 e. The van der Waals surface area contributed by atoms with E-state index in [1.165, 1.54) is 5.56 Å². The SMILES string of the molecule is CNCC(C)(O)c1ccc(C)cc1C. The van der Waals surface area contributed by atoms with Crippen molar-refractivity contribution in [2.24, 2.45) is 0 Å².